The van der Waals surface area contributed by atoms with Gasteiger partial charge in [-0.15, -0.1) is 0 Å². The van der Waals surface area contributed by atoms with Crippen molar-refractivity contribution in [1.82, 2.24) is 14.3 Å². The van der Waals surface area contributed by atoms with Crippen molar-refractivity contribution in [3.8, 4) is 11.8 Å². The lowest BCUT2D eigenvalue weighted by atomic mass is 10.1. The Labute approximate surface area is 161 Å². The third kappa shape index (κ3) is 4.16. The molecule has 1 saturated heterocycles. The molecule has 1 aliphatic heterocycles. The third-order valence-corrected chi connectivity index (χ3v) is 6.44. The van der Waals surface area contributed by atoms with Crippen LogP contribution in [0.4, 0.5) is 0 Å². The lowest BCUT2D eigenvalue weighted by molar-refractivity contribution is 0.119. The minimum Gasteiger partial charge on any atom is -0.495 e. The Hall–Kier alpha value is -1.71. The number of benzene rings is 1. The maximum atomic E-state index is 13.1. The maximum Gasteiger partial charge on any atom is 0.316 e. The van der Waals surface area contributed by atoms with Gasteiger partial charge < -0.3 is 9.47 Å². The number of nitrogens with zero attached hydrogens (tertiary/aromatic N) is 3. The highest BCUT2D eigenvalue weighted by Gasteiger charge is 2.33. The summed E-state index contributed by atoms with van der Waals surface area (Å²) in [6, 6.07) is 5.38. The van der Waals surface area contributed by atoms with Crippen molar-refractivity contribution in [2.75, 3.05) is 20.2 Å². The van der Waals surface area contributed by atoms with E-state index in [1.807, 2.05) is 13.0 Å². The number of hydrogen-bond donors (Lipinski definition) is 0. The maximum absolute atomic E-state index is 13.1. The van der Waals surface area contributed by atoms with E-state index in [4.69, 9.17) is 9.47 Å². The standard InChI is InChI=1S/C17H20BrN3O4S/c1-12-5-6-15(24-2)16(8-12)26(22,23)21-7-3-4-14(11-21)25-17-19-9-13(18)10-20-17/h5-6,8-10,14H,3-4,7,11H2,1-2H3. The number of rotatable bonds is 5. The monoisotopic (exact) mass is 441 g/mol. The minimum atomic E-state index is -3.68. The topological polar surface area (TPSA) is 81.6 Å². The molecule has 0 amide bonds. The number of ether oxygens (including phenoxy) is 2. The molecule has 1 aromatic heterocycles. The number of methoxy groups -OCH3 is 1. The average molecular weight is 442 g/mol. The van der Waals surface area contributed by atoms with Gasteiger partial charge in [0.15, 0.2) is 0 Å². The van der Waals surface area contributed by atoms with Crippen LogP contribution in [-0.4, -0.2) is 49.0 Å². The molecule has 140 valence electrons. The second kappa shape index (κ2) is 7.89. The first-order valence-corrected chi connectivity index (χ1v) is 10.4. The summed E-state index contributed by atoms with van der Waals surface area (Å²) in [5, 5.41) is 0. The molecule has 1 aromatic carbocycles. The SMILES string of the molecule is COc1ccc(C)cc1S(=O)(=O)N1CCCC(Oc2ncc(Br)cn2)C1. The van der Waals surface area contributed by atoms with E-state index in [9.17, 15) is 8.42 Å². The minimum absolute atomic E-state index is 0.181. The second-order valence-electron chi connectivity index (χ2n) is 6.08. The molecular formula is C17H20BrN3O4S. The normalized spacial score (nSPS) is 18.5. The number of aromatic nitrogens is 2. The zero-order chi connectivity index (χ0) is 18.7. The summed E-state index contributed by atoms with van der Waals surface area (Å²) in [6.07, 6.45) is 4.34. The zero-order valence-corrected chi connectivity index (χ0v) is 17.0. The molecule has 1 aliphatic rings. The second-order valence-corrected chi connectivity index (χ2v) is 8.91. The highest BCUT2D eigenvalue weighted by molar-refractivity contribution is 9.10. The first kappa shape index (κ1) is 19.1. The Morgan fingerprint density at radius 3 is 2.69 bits per heavy atom. The van der Waals surface area contributed by atoms with E-state index >= 15 is 0 Å². The molecule has 7 nitrogen and oxygen atoms in total. The molecule has 3 rings (SSSR count). The van der Waals surface area contributed by atoms with Crippen molar-refractivity contribution >= 4 is 26.0 Å². The van der Waals surface area contributed by atoms with E-state index in [0.717, 1.165) is 16.5 Å². The van der Waals surface area contributed by atoms with E-state index < -0.39 is 10.0 Å². The van der Waals surface area contributed by atoms with E-state index in [0.29, 0.717) is 18.7 Å². The average Bonchev–Trinajstić information content (AvgIpc) is 2.64. The quantitative estimate of drug-likeness (QED) is 0.709. The van der Waals surface area contributed by atoms with Gasteiger partial charge in [-0.3, -0.25) is 0 Å². The predicted molar refractivity (Wildman–Crippen MR) is 99.9 cm³/mol. The highest BCUT2D eigenvalue weighted by Crippen LogP contribution is 2.30. The summed E-state index contributed by atoms with van der Waals surface area (Å²) >= 11 is 3.27. The Morgan fingerprint density at radius 2 is 2.00 bits per heavy atom. The lowest BCUT2D eigenvalue weighted by Crippen LogP contribution is -2.44. The molecule has 0 aliphatic carbocycles. The first-order valence-electron chi connectivity index (χ1n) is 8.19. The first-order chi connectivity index (χ1) is 12.4. The van der Waals surface area contributed by atoms with Crippen molar-refractivity contribution in [2.45, 2.75) is 30.8 Å². The molecule has 26 heavy (non-hydrogen) atoms. The number of piperidine rings is 1. The molecular weight excluding hydrogens is 422 g/mol. The molecule has 2 aromatic rings. The van der Waals surface area contributed by atoms with Gasteiger partial charge in [0.05, 0.1) is 18.1 Å². The summed E-state index contributed by atoms with van der Waals surface area (Å²) in [4.78, 5) is 8.36. The third-order valence-electron chi connectivity index (χ3n) is 4.15. The van der Waals surface area contributed by atoms with Crippen LogP contribution in [0.2, 0.25) is 0 Å². The van der Waals surface area contributed by atoms with E-state index in [-0.39, 0.29) is 23.6 Å². The van der Waals surface area contributed by atoms with Gasteiger partial charge in [0, 0.05) is 18.9 Å². The van der Waals surface area contributed by atoms with Crippen LogP contribution in [0, 0.1) is 6.92 Å². The molecule has 1 unspecified atom stereocenters. The molecule has 1 fully saturated rings. The number of halogens is 1. The number of sulfonamides is 1. The van der Waals surface area contributed by atoms with Crippen LogP contribution in [-0.2, 0) is 10.0 Å². The van der Waals surface area contributed by atoms with Crippen molar-refractivity contribution in [3.05, 3.63) is 40.6 Å². The number of hydrogen-bond acceptors (Lipinski definition) is 6. The van der Waals surface area contributed by atoms with Gasteiger partial charge in [0.2, 0.25) is 10.0 Å². The summed E-state index contributed by atoms with van der Waals surface area (Å²) in [7, 11) is -2.21. The molecule has 0 spiro atoms. The van der Waals surface area contributed by atoms with Crippen molar-refractivity contribution < 1.29 is 17.9 Å². The van der Waals surface area contributed by atoms with E-state index in [1.165, 1.54) is 11.4 Å². The lowest BCUT2D eigenvalue weighted by Gasteiger charge is -2.31. The largest absolute Gasteiger partial charge is 0.495 e. The molecule has 0 N–H and O–H groups in total. The van der Waals surface area contributed by atoms with Crippen LogP contribution in [0.1, 0.15) is 18.4 Å². The predicted octanol–water partition coefficient (Wildman–Crippen LogP) is 2.79. The van der Waals surface area contributed by atoms with Crippen molar-refractivity contribution in [3.63, 3.8) is 0 Å². The van der Waals surface area contributed by atoms with Crippen LogP contribution < -0.4 is 9.47 Å². The Kier molecular flexibility index (Phi) is 5.79. The van der Waals surface area contributed by atoms with E-state index in [2.05, 4.69) is 25.9 Å². The zero-order valence-electron chi connectivity index (χ0n) is 14.6. The van der Waals surface area contributed by atoms with Crippen molar-refractivity contribution in [1.29, 1.82) is 0 Å². The van der Waals surface area contributed by atoms with Gasteiger partial charge >= 0.3 is 6.01 Å². The van der Waals surface area contributed by atoms with Crippen LogP contribution in [0.15, 0.2) is 40.0 Å². The Morgan fingerprint density at radius 1 is 1.27 bits per heavy atom. The molecule has 0 saturated carbocycles. The fourth-order valence-electron chi connectivity index (χ4n) is 2.85. The van der Waals surface area contributed by atoms with Gasteiger partial charge in [-0.25, -0.2) is 18.4 Å². The van der Waals surface area contributed by atoms with Crippen LogP contribution in [0.3, 0.4) is 0 Å². The summed E-state index contributed by atoms with van der Waals surface area (Å²) in [5.74, 6) is 0.342. The molecule has 0 bridgehead atoms. The van der Waals surface area contributed by atoms with Crippen molar-refractivity contribution in [2.24, 2.45) is 0 Å². The summed E-state index contributed by atoms with van der Waals surface area (Å²) in [5.41, 5.74) is 0.859. The molecule has 9 heteroatoms. The Balaban J connectivity index is 1.80. The van der Waals surface area contributed by atoms with Gasteiger partial charge in [0.1, 0.15) is 16.7 Å². The van der Waals surface area contributed by atoms with Gasteiger partial charge in [0.25, 0.3) is 0 Å². The summed E-state index contributed by atoms with van der Waals surface area (Å²) in [6.45, 7) is 2.55. The van der Waals surface area contributed by atoms with Gasteiger partial charge in [-0.05, 0) is 53.4 Å². The fraction of sp³-hybridized carbons (Fsp3) is 0.412. The van der Waals surface area contributed by atoms with E-state index in [1.54, 1.807) is 24.5 Å². The van der Waals surface area contributed by atoms with Gasteiger partial charge in [-0.1, -0.05) is 6.07 Å². The van der Waals surface area contributed by atoms with Gasteiger partial charge in [-0.2, -0.15) is 4.31 Å². The fourth-order valence-corrected chi connectivity index (χ4v) is 4.81. The highest BCUT2D eigenvalue weighted by atomic mass is 79.9. The molecule has 2 heterocycles. The Bertz CT molecular complexity index is 874. The summed E-state index contributed by atoms with van der Waals surface area (Å²) < 4.78 is 39.4. The number of aryl methyl sites for hydroxylation is 1. The van der Waals surface area contributed by atoms with Crippen LogP contribution >= 0.6 is 15.9 Å². The molecule has 1 atom stereocenters. The molecule has 0 radical (unpaired) electrons. The van der Waals surface area contributed by atoms with Crippen LogP contribution in [0.25, 0.3) is 0 Å². The smallest absolute Gasteiger partial charge is 0.316 e. The van der Waals surface area contributed by atoms with Crippen LogP contribution in [0.5, 0.6) is 11.8 Å².